The minimum absolute atomic E-state index is 0.0286. The molecule has 0 saturated heterocycles. The van der Waals surface area contributed by atoms with Crippen molar-refractivity contribution in [2.24, 2.45) is 0 Å². The van der Waals surface area contributed by atoms with Crippen LogP contribution >= 0.6 is 0 Å². The zero-order chi connectivity index (χ0) is 14.4. The van der Waals surface area contributed by atoms with Gasteiger partial charge in [0.2, 0.25) is 0 Å². The summed E-state index contributed by atoms with van der Waals surface area (Å²) in [6.45, 7) is 4.01. The van der Waals surface area contributed by atoms with E-state index >= 15 is 0 Å². The van der Waals surface area contributed by atoms with Gasteiger partial charge in [0.05, 0.1) is 0 Å². The van der Waals surface area contributed by atoms with E-state index in [4.69, 9.17) is 4.74 Å². The van der Waals surface area contributed by atoms with Gasteiger partial charge in [-0.3, -0.25) is 4.79 Å². The second-order valence-electron chi connectivity index (χ2n) is 5.67. The lowest BCUT2D eigenvalue weighted by molar-refractivity contribution is -0.129. The molecular weight excluding hydrogens is 250 g/mol. The van der Waals surface area contributed by atoms with Crippen molar-refractivity contribution in [3.63, 3.8) is 0 Å². The highest BCUT2D eigenvalue weighted by molar-refractivity contribution is 5.81. The number of rotatable bonds is 5. The first kappa shape index (κ1) is 14.9. The molecule has 0 spiro atoms. The summed E-state index contributed by atoms with van der Waals surface area (Å²) in [5, 5.41) is 3.14. The molecule has 0 aromatic heterocycles. The van der Waals surface area contributed by atoms with Gasteiger partial charge in [-0.15, -0.1) is 0 Å². The molecule has 1 atom stereocenters. The molecule has 1 aliphatic rings. The van der Waals surface area contributed by atoms with Gasteiger partial charge in [0.25, 0.3) is 5.91 Å². The normalized spacial score (nSPS) is 17.5. The fourth-order valence-electron chi connectivity index (χ4n) is 2.72. The molecule has 110 valence electrons. The summed E-state index contributed by atoms with van der Waals surface area (Å²) in [7, 11) is 0. The standard InChI is InChI=1S/C17H25NO2/c1-3-16(20-15-11-7-8-13(2)12-15)17(19)18-14-9-5-4-6-10-14/h7-8,11-12,14,16H,3-6,9-10H2,1-2H3,(H,18,19)/t16-/m0/s1. The van der Waals surface area contributed by atoms with Crippen molar-refractivity contribution in [2.45, 2.75) is 64.5 Å². The van der Waals surface area contributed by atoms with E-state index in [-0.39, 0.29) is 5.91 Å². The summed E-state index contributed by atoms with van der Waals surface area (Å²) in [6.07, 6.45) is 6.24. The van der Waals surface area contributed by atoms with Crippen LogP contribution in [0.2, 0.25) is 0 Å². The van der Waals surface area contributed by atoms with Gasteiger partial charge in [0, 0.05) is 6.04 Å². The van der Waals surface area contributed by atoms with Crippen LogP contribution in [0.15, 0.2) is 24.3 Å². The molecule has 1 aromatic carbocycles. The Balaban J connectivity index is 1.91. The topological polar surface area (TPSA) is 38.3 Å². The Hall–Kier alpha value is -1.51. The molecule has 3 nitrogen and oxygen atoms in total. The van der Waals surface area contributed by atoms with Gasteiger partial charge in [-0.05, 0) is 43.9 Å². The van der Waals surface area contributed by atoms with Crippen molar-refractivity contribution in [3.8, 4) is 5.75 Å². The third-order valence-corrected chi connectivity index (χ3v) is 3.88. The van der Waals surface area contributed by atoms with E-state index in [2.05, 4.69) is 5.32 Å². The Morgan fingerprint density at radius 3 is 2.75 bits per heavy atom. The van der Waals surface area contributed by atoms with Crippen molar-refractivity contribution in [3.05, 3.63) is 29.8 Å². The summed E-state index contributed by atoms with van der Waals surface area (Å²) in [6, 6.07) is 8.19. The summed E-state index contributed by atoms with van der Waals surface area (Å²) >= 11 is 0. The minimum atomic E-state index is -0.390. The van der Waals surface area contributed by atoms with Crippen molar-refractivity contribution in [1.82, 2.24) is 5.32 Å². The van der Waals surface area contributed by atoms with Gasteiger partial charge in [-0.1, -0.05) is 38.3 Å². The second-order valence-corrected chi connectivity index (χ2v) is 5.67. The van der Waals surface area contributed by atoms with Crippen LogP contribution in [0.5, 0.6) is 5.75 Å². The maximum Gasteiger partial charge on any atom is 0.261 e. The third kappa shape index (κ3) is 4.26. The molecule has 1 N–H and O–H groups in total. The van der Waals surface area contributed by atoms with E-state index in [1.54, 1.807) is 0 Å². The van der Waals surface area contributed by atoms with Gasteiger partial charge in [0.1, 0.15) is 5.75 Å². The molecule has 0 heterocycles. The first-order valence-electron chi connectivity index (χ1n) is 7.72. The summed E-state index contributed by atoms with van der Waals surface area (Å²) < 4.78 is 5.84. The minimum Gasteiger partial charge on any atom is -0.481 e. The maximum absolute atomic E-state index is 12.3. The number of benzene rings is 1. The average Bonchev–Trinajstić information content (AvgIpc) is 2.46. The highest BCUT2D eigenvalue weighted by Gasteiger charge is 2.22. The lowest BCUT2D eigenvalue weighted by Crippen LogP contribution is -2.44. The highest BCUT2D eigenvalue weighted by Crippen LogP contribution is 2.19. The number of hydrogen-bond donors (Lipinski definition) is 1. The Labute approximate surface area is 121 Å². The molecule has 3 heteroatoms. The first-order chi connectivity index (χ1) is 9.69. The Morgan fingerprint density at radius 2 is 2.10 bits per heavy atom. The SMILES string of the molecule is CC[C@H](Oc1cccc(C)c1)C(=O)NC1CCCCC1. The lowest BCUT2D eigenvalue weighted by Gasteiger charge is -2.25. The molecule has 0 aliphatic heterocycles. The maximum atomic E-state index is 12.3. The quantitative estimate of drug-likeness (QED) is 0.891. The van der Waals surface area contributed by atoms with Crippen LogP contribution in [0.25, 0.3) is 0 Å². The van der Waals surface area contributed by atoms with Gasteiger partial charge < -0.3 is 10.1 Å². The predicted molar refractivity (Wildman–Crippen MR) is 80.9 cm³/mol. The van der Waals surface area contributed by atoms with Crippen molar-refractivity contribution < 1.29 is 9.53 Å². The molecule has 1 amide bonds. The summed E-state index contributed by atoms with van der Waals surface area (Å²) in [4.78, 5) is 12.3. The number of aryl methyl sites for hydroxylation is 1. The van der Waals surface area contributed by atoms with Crippen LogP contribution < -0.4 is 10.1 Å². The second kappa shape index (κ2) is 7.32. The average molecular weight is 275 g/mol. The van der Waals surface area contributed by atoms with E-state index in [0.29, 0.717) is 12.5 Å². The zero-order valence-electron chi connectivity index (χ0n) is 12.5. The van der Waals surface area contributed by atoms with E-state index in [0.717, 1.165) is 24.2 Å². The zero-order valence-corrected chi connectivity index (χ0v) is 12.5. The van der Waals surface area contributed by atoms with Crippen molar-refractivity contribution in [1.29, 1.82) is 0 Å². The predicted octanol–water partition coefficient (Wildman–Crippen LogP) is 3.60. The molecule has 2 rings (SSSR count). The van der Waals surface area contributed by atoms with Crippen LogP contribution in [-0.4, -0.2) is 18.1 Å². The first-order valence-corrected chi connectivity index (χ1v) is 7.72. The molecule has 0 unspecified atom stereocenters. The van der Waals surface area contributed by atoms with Gasteiger partial charge in [0.15, 0.2) is 6.10 Å². The smallest absolute Gasteiger partial charge is 0.261 e. The van der Waals surface area contributed by atoms with Crippen LogP contribution in [0.3, 0.4) is 0 Å². The van der Waals surface area contributed by atoms with Gasteiger partial charge in [-0.25, -0.2) is 0 Å². The van der Waals surface area contributed by atoms with Crippen LogP contribution in [0, 0.1) is 6.92 Å². The fraction of sp³-hybridized carbons (Fsp3) is 0.588. The van der Waals surface area contributed by atoms with Crippen LogP contribution in [0.4, 0.5) is 0 Å². The summed E-state index contributed by atoms with van der Waals surface area (Å²) in [5.74, 6) is 0.802. The van der Waals surface area contributed by atoms with Gasteiger partial charge in [-0.2, -0.15) is 0 Å². The van der Waals surface area contributed by atoms with Crippen LogP contribution in [0.1, 0.15) is 51.0 Å². The Bertz CT molecular complexity index is 438. The summed E-state index contributed by atoms with van der Waals surface area (Å²) in [5.41, 5.74) is 1.14. The number of carbonyl (C=O) groups is 1. The number of nitrogens with one attached hydrogen (secondary N) is 1. The Kier molecular flexibility index (Phi) is 5.45. The fourth-order valence-corrected chi connectivity index (χ4v) is 2.72. The van der Waals surface area contributed by atoms with E-state index in [9.17, 15) is 4.79 Å². The molecule has 1 aromatic rings. The number of amides is 1. The van der Waals surface area contributed by atoms with Crippen LogP contribution in [-0.2, 0) is 4.79 Å². The highest BCUT2D eigenvalue weighted by atomic mass is 16.5. The molecule has 1 aliphatic carbocycles. The van der Waals surface area contributed by atoms with E-state index in [1.165, 1.54) is 19.3 Å². The molecule has 0 radical (unpaired) electrons. The molecule has 20 heavy (non-hydrogen) atoms. The number of carbonyl (C=O) groups excluding carboxylic acids is 1. The lowest BCUT2D eigenvalue weighted by atomic mass is 9.95. The van der Waals surface area contributed by atoms with Crippen molar-refractivity contribution in [2.75, 3.05) is 0 Å². The molecule has 1 fully saturated rings. The monoisotopic (exact) mass is 275 g/mol. The Morgan fingerprint density at radius 1 is 1.35 bits per heavy atom. The largest absolute Gasteiger partial charge is 0.481 e. The third-order valence-electron chi connectivity index (χ3n) is 3.88. The van der Waals surface area contributed by atoms with Crippen molar-refractivity contribution >= 4 is 5.91 Å². The number of hydrogen-bond acceptors (Lipinski definition) is 2. The van der Waals surface area contributed by atoms with E-state index in [1.807, 2.05) is 38.1 Å². The molecule has 1 saturated carbocycles. The molecule has 0 bridgehead atoms. The van der Waals surface area contributed by atoms with E-state index < -0.39 is 6.10 Å². The number of ether oxygens (including phenoxy) is 1. The molecular formula is C17H25NO2. The van der Waals surface area contributed by atoms with Gasteiger partial charge >= 0.3 is 0 Å².